The summed E-state index contributed by atoms with van der Waals surface area (Å²) in [5, 5.41) is 0. The minimum atomic E-state index is -5.53. The first kappa shape index (κ1) is 23.6. The van der Waals surface area contributed by atoms with Crippen molar-refractivity contribution in [1.29, 1.82) is 0 Å². The van der Waals surface area contributed by atoms with Crippen LogP contribution in [0.2, 0.25) is 0 Å². The second-order valence-electron chi connectivity index (χ2n) is 8.36. The molecule has 0 unspecified atom stereocenters. The van der Waals surface area contributed by atoms with Gasteiger partial charge in [0, 0.05) is 50.5 Å². The summed E-state index contributed by atoms with van der Waals surface area (Å²) in [7, 11) is -5.53. The predicted octanol–water partition coefficient (Wildman–Crippen LogP) is 2.85. The fourth-order valence-corrected chi connectivity index (χ4v) is 5.43. The number of halogens is 3. The van der Waals surface area contributed by atoms with Gasteiger partial charge in [0.2, 0.25) is 5.91 Å². The maximum absolute atomic E-state index is 13.5. The number of fused-ring (bicyclic) bond motifs is 1. The van der Waals surface area contributed by atoms with E-state index in [1.807, 2.05) is 4.90 Å². The molecule has 1 atom stereocenters. The van der Waals surface area contributed by atoms with E-state index in [9.17, 15) is 26.4 Å². The molecular formula is C21H26F3N5O3S. The normalized spacial score (nSPS) is 20.6. The first-order chi connectivity index (χ1) is 15.7. The Bertz CT molecular complexity index is 1080. The topological polar surface area (TPSA) is 89.6 Å². The largest absolute Gasteiger partial charge is 0.511 e. The molecule has 2 aromatic rings. The minimum Gasteiger partial charge on any atom is -0.361 e. The smallest absolute Gasteiger partial charge is 0.361 e. The molecule has 8 nitrogen and oxygen atoms in total. The molecule has 3 heterocycles. The van der Waals surface area contributed by atoms with Crippen LogP contribution < -0.4 is 4.90 Å². The van der Waals surface area contributed by atoms with Crippen LogP contribution in [0.4, 0.5) is 18.9 Å². The molecule has 0 spiro atoms. The molecule has 1 aromatic carbocycles. The second-order valence-corrected chi connectivity index (χ2v) is 10.3. The Hall–Kier alpha value is -2.60. The number of hydrogen-bond donors (Lipinski definition) is 1. The van der Waals surface area contributed by atoms with Crippen LogP contribution in [-0.4, -0.2) is 64.7 Å². The molecule has 0 bridgehead atoms. The maximum Gasteiger partial charge on any atom is 0.511 e. The van der Waals surface area contributed by atoms with Crippen molar-refractivity contribution in [2.24, 2.45) is 0 Å². The van der Waals surface area contributed by atoms with E-state index in [2.05, 4.69) is 9.97 Å². The first-order valence-corrected chi connectivity index (χ1v) is 12.3. The molecule has 180 valence electrons. The van der Waals surface area contributed by atoms with E-state index < -0.39 is 21.6 Å². The third-order valence-electron chi connectivity index (χ3n) is 6.18. The molecule has 1 fully saturated rings. The molecule has 1 saturated heterocycles. The third kappa shape index (κ3) is 5.01. The number of nitrogens with one attached hydrogen (secondary N) is 1. The van der Waals surface area contributed by atoms with Gasteiger partial charge in [0.15, 0.2) is 0 Å². The zero-order valence-corrected chi connectivity index (χ0v) is 18.8. The Labute approximate surface area is 190 Å². The summed E-state index contributed by atoms with van der Waals surface area (Å²) < 4.78 is 65.7. The molecule has 1 amide bonds. The molecule has 33 heavy (non-hydrogen) atoms. The van der Waals surface area contributed by atoms with Gasteiger partial charge < -0.3 is 14.8 Å². The van der Waals surface area contributed by atoms with Gasteiger partial charge in [-0.05, 0) is 30.9 Å². The lowest BCUT2D eigenvalue weighted by atomic mass is 10.1. The highest BCUT2D eigenvalue weighted by molar-refractivity contribution is 7.89. The number of rotatable bonds is 6. The number of nitrogens with zero attached hydrogens (tertiary/aromatic N) is 4. The van der Waals surface area contributed by atoms with Crippen LogP contribution in [0, 0.1) is 0 Å². The van der Waals surface area contributed by atoms with Gasteiger partial charge in [0.1, 0.15) is 0 Å². The molecule has 4 rings (SSSR count). The van der Waals surface area contributed by atoms with Gasteiger partial charge in [0.05, 0.1) is 18.6 Å². The van der Waals surface area contributed by atoms with Gasteiger partial charge >= 0.3 is 15.5 Å². The maximum atomic E-state index is 13.5. The molecule has 1 aromatic heterocycles. The molecule has 0 saturated carbocycles. The fourth-order valence-electron chi connectivity index (χ4n) is 4.46. The summed E-state index contributed by atoms with van der Waals surface area (Å²) in [6.45, 7) is 0.553. The van der Waals surface area contributed by atoms with E-state index >= 15 is 0 Å². The van der Waals surface area contributed by atoms with Crippen molar-refractivity contribution in [1.82, 2.24) is 19.2 Å². The average Bonchev–Trinajstić information content (AvgIpc) is 3.22. The molecule has 12 heteroatoms. The van der Waals surface area contributed by atoms with Gasteiger partial charge in [-0.15, -0.1) is 0 Å². The molecular weight excluding hydrogens is 459 g/mol. The number of anilines is 1. The summed E-state index contributed by atoms with van der Waals surface area (Å²) in [5.74, 6) is 0.0233. The quantitative estimate of drug-likeness (QED) is 0.680. The number of sulfonamides is 1. The number of aromatic nitrogens is 2. The first-order valence-electron chi connectivity index (χ1n) is 10.8. The van der Waals surface area contributed by atoms with E-state index in [-0.39, 0.29) is 19.0 Å². The Morgan fingerprint density at radius 2 is 1.97 bits per heavy atom. The summed E-state index contributed by atoms with van der Waals surface area (Å²) in [6, 6.07) is 6.30. The van der Waals surface area contributed by atoms with E-state index in [4.69, 9.17) is 0 Å². The van der Waals surface area contributed by atoms with Crippen molar-refractivity contribution in [2.45, 2.75) is 50.3 Å². The summed E-state index contributed by atoms with van der Waals surface area (Å²) in [5.41, 5.74) is -3.49. The highest BCUT2D eigenvalue weighted by Crippen LogP contribution is 2.35. The zero-order valence-electron chi connectivity index (χ0n) is 18.0. The second kappa shape index (κ2) is 9.34. The number of para-hydroxylation sites is 1. The van der Waals surface area contributed by atoms with Gasteiger partial charge in [0.25, 0.3) is 0 Å². The number of alkyl halides is 3. The van der Waals surface area contributed by atoms with Crippen LogP contribution in [0.25, 0.3) is 0 Å². The van der Waals surface area contributed by atoms with Crippen molar-refractivity contribution < 1.29 is 26.4 Å². The van der Waals surface area contributed by atoms with Crippen molar-refractivity contribution in [3.05, 3.63) is 48.0 Å². The molecule has 0 radical (unpaired) electrons. The van der Waals surface area contributed by atoms with Crippen LogP contribution in [0.1, 0.15) is 36.9 Å². The monoisotopic (exact) mass is 485 g/mol. The number of amides is 1. The number of carbonyl (C=O) groups excluding carboxylic acids is 1. The summed E-state index contributed by atoms with van der Waals surface area (Å²) in [6.07, 6.45) is 5.64. The Morgan fingerprint density at radius 1 is 1.18 bits per heavy atom. The number of hydrogen-bond acceptors (Lipinski definition) is 5. The van der Waals surface area contributed by atoms with Gasteiger partial charge in [-0.25, -0.2) is 13.4 Å². The van der Waals surface area contributed by atoms with E-state index in [1.54, 1.807) is 35.4 Å². The van der Waals surface area contributed by atoms with Crippen LogP contribution in [0.5, 0.6) is 0 Å². The van der Waals surface area contributed by atoms with Crippen LogP contribution in [0.15, 0.2) is 36.8 Å². The van der Waals surface area contributed by atoms with Crippen LogP contribution >= 0.6 is 0 Å². The number of carbonyl (C=O) groups is 1. The lowest BCUT2D eigenvalue weighted by Gasteiger charge is -2.36. The van der Waals surface area contributed by atoms with Gasteiger partial charge in [-0.2, -0.15) is 17.5 Å². The number of likely N-dealkylation sites (tertiary alicyclic amines) is 1. The minimum absolute atomic E-state index is 0.0233. The van der Waals surface area contributed by atoms with E-state index in [0.29, 0.717) is 48.0 Å². The van der Waals surface area contributed by atoms with Crippen molar-refractivity contribution in [2.75, 3.05) is 24.5 Å². The number of H-pyrrole nitrogens is 1. The van der Waals surface area contributed by atoms with Gasteiger partial charge in [-0.3, -0.25) is 4.79 Å². The highest BCUT2D eigenvalue weighted by atomic mass is 32.2. The lowest BCUT2D eigenvalue weighted by molar-refractivity contribution is -0.133. The fraction of sp³-hybridized carbons (Fsp3) is 0.524. The Morgan fingerprint density at radius 3 is 2.67 bits per heavy atom. The zero-order chi connectivity index (χ0) is 23.6. The van der Waals surface area contributed by atoms with Crippen LogP contribution in [-0.2, 0) is 27.9 Å². The highest BCUT2D eigenvalue weighted by Gasteiger charge is 2.51. The van der Waals surface area contributed by atoms with Gasteiger partial charge in [-0.1, -0.05) is 18.2 Å². The van der Waals surface area contributed by atoms with Crippen molar-refractivity contribution in [3.8, 4) is 0 Å². The van der Waals surface area contributed by atoms with Crippen molar-refractivity contribution >= 4 is 21.6 Å². The van der Waals surface area contributed by atoms with Crippen molar-refractivity contribution in [3.63, 3.8) is 0 Å². The molecule has 2 aliphatic heterocycles. The third-order valence-corrected chi connectivity index (χ3v) is 7.73. The number of benzene rings is 1. The molecule has 0 aliphatic carbocycles. The Balaban J connectivity index is 1.70. The number of aromatic amines is 1. The molecule has 1 N–H and O–H groups in total. The molecule has 2 aliphatic rings. The summed E-state index contributed by atoms with van der Waals surface area (Å²) >= 11 is 0. The van der Waals surface area contributed by atoms with Crippen LogP contribution in [0.3, 0.4) is 0 Å². The standard InChI is InChI=1S/C21H26F3N5O3S/c22-21(23,24)33(31,32)28-12-16-5-1-2-6-19(16)29(13-17-11-25-15-26-17)18(14-28)8-10-27-9-4-3-7-20(27)30/h1-2,5-6,11,15,18H,3-4,7-10,12-14H2,(H,25,26)/t18-/m1/s1. The van der Waals surface area contributed by atoms with E-state index in [0.717, 1.165) is 18.5 Å². The lowest BCUT2D eigenvalue weighted by Crippen LogP contribution is -2.48. The average molecular weight is 486 g/mol. The predicted molar refractivity (Wildman–Crippen MR) is 115 cm³/mol. The SMILES string of the molecule is O=C1CCCCN1CC[C@@H]1CN(S(=O)(=O)C(F)(F)F)Cc2ccccc2N1Cc1cnc[nH]1. The van der Waals surface area contributed by atoms with E-state index in [1.165, 1.54) is 6.33 Å². The number of imidazole rings is 1. The summed E-state index contributed by atoms with van der Waals surface area (Å²) in [4.78, 5) is 22.9. The Kier molecular flexibility index (Phi) is 6.66. The number of piperidine rings is 1.